The van der Waals surface area contributed by atoms with Gasteiger partial charge in [0.1, 0.15) is 11.5 Å². The predicted molar refractivity (Wildman–Crippen MR) is 110 cm³/mol. The minimum Gasteiger partial charge on any atom is -0.478 e. The van der Waals surface area contributed by atoms with E-state index in [9.17, 15) is 9.59 Å². The molecule has 9 heteroatoms. The molecule has 0 amide bonds. The maximum absolute atomic E-state index is 9.55. The molecule has 1 fully saturated rings. The summed E-state index contributed by atoms with van der Waals surface area (Å²) in [5.74, 6) is -0.169. The van der Waals surface area contributed by atoms with Gasteiger partial charge in [0.2, 0.25) is 5.88 Å². The highest BCUT2D eigenvalue weighted by molar-refractivity contribution is 6.03. The van der Waals surface area contributed by atoms with Gasteiger partial charge in [-0.3, -0.25) is 0 Å². The number of carboxylic acids is 2. The molecule has 0 atom stereocenters. The number of amidine groups is 1. The molecule has 156 valence electrons. The summed E-state index contributed by atoms with van der Waals surface area (Å²) in [4.78, 5) is 33.1. The molecule has 1 aromatic carbocycles. The van der Waals surface area contributed by atoms with Gasteiger partial charge >= 0.3 is 11.9 Å². The highest BCUT2D eigenvalue weighted by atomic mass is 16.5. The van der Waals surface area contributed by atoms with Gasteiger partial charge in [-0.2, -0.15) is 0 Å². The van der Waals surface area contributed by atoms with Crippen molar-refractivity contribution in [3.05, 3.63) is 60.3 Å². The Morgan fingerprint density at radius 2 is 1.67 bits per heavy atom. The third kappa shape index (κ3) is 5.42. The number of piperazine rings is 1. The van der Waals surface area contributed by atoms with Gasteiger partial charge < -0.3 is 24.7 Å². The average Bonchev–Trinajstić information content (AvgIpc) is 2.90. The number of carbonyl (C=O) groups is 2. The molecular weight excluding hydrogens is 388 g/mol. The summed E-state index contributed by atoms with van der Waals surface area (Å²) in [6.45, 7) is 4.01. The third-order valence-electron chi connectivity index (χ3n) is 4.48. The molecule has 4 rings (SSSR count). The Bertz CT molecular complexity index is 965. The molecule has 9 nitrogen and oxygen atoms in total. The Balaban J connectivity index is 0.000000275. The predicted octanol–water partition coefficient (Wildman–Crippen LogP) is 2.22. The highest BCUT2D eigenvalue weighted by Crippen LogP contribution is 2.36. The van der Waals surface area contributed by atoms with Crippen LogP contribution in [0.3, 0.4) is 0 Å². The van der Waals surface area contributed by atoms with E-state index in [1.165, 1.54) is 0 Å². The van der Waals surface area contributed by atoms with Crippen LogP contribution in [0.1, 0.15) is 5.56 Å². The maximum atomic E-state index is 9.55. The molecule has 0 bridgehead atoms. The van der Waals surface area contributed by atoms with Crippen molar-refractivity contribution >= 4 is 23.5 Å². The van der Waals surface area contributed by atoms with Crippen LogP contribution >= 0.6 is 0 Å². The number of aliphatic imine (C=N–C) groups is 1. The van der Waals surface area contributed by atoms with E-state index in [2.05, 4.69) is 21.8 Å². The quantitative estimate of drug-likeness (QED) is 0.724. The van der Waals surface area contributed by atoms with Crippen molar-refractivity contribution in [1.29, 1.82) is 0 Å². The molecule has 0 radical (unpaired) electrons. The number of rotatable bonds is 2. The van der Waals surface area contributed by atoms with Gasteiger partial charge in [0.05, 0.1) is 5.56 Å². The Kier molecular flexibility index (Phi) is 6.76. The first-order valence-corrected chi connectivity index (χ1v) is 9.32. The van der Waals surface area contributed by atoms with Gasteiger partial charge in [0.15, 0.2) is 5.75 Å². The van der Waals surface area contributed by atoms with Crippen molar-refractivity contribution < 1.29 is 24.5 Å². The number of carboxylic acid groups (broad SMARTS) is 2. The van der Waals surface area contributed by atoms with Crippen LogP contribution in [0.5, 0.6) is 11.6 Å². The van der Waals surface area contributed by atoms with E-state index in [0.29, 0.717) is 18.0 Å². The zero-order chi connectivity index (χ0) is 21.5. The Morgan fingerprint density at radius 1 is 1.00 bits per heavy atom. The number of likely N-dealkylation sites (N-methyl/N-ethyl adjacent to an activating group) is 1. The molecule has 0 spiro atoms. The molecular formula is C21H22N4O5. The van der Waals surface area contributed by atoms with E-state index in [4.69, 9.17) is 19.9 Å². The van der Waals surface area contributed by atoms with E-state index < -0.39 is 11.9 Å². The van der Waals surface area contributed by atoms with Gasteiger partial charge in [-0.15, -0.1) is 0 Å². The van der Waals surface area contributed by atoms with E-state index in [1.54, 1.807) is 6.20 Å². The molecule has 2 N–H and O–H groups in total. The minimum atomic E-state index is -1.26. The lowest BCUT2D eigenvalue weighted by molar-refractivity contribution is -0.134. The number of hydrogen-bond acceptors (Lipinski definition) is 7. The molecule has 1 saturated heterocycles. The monoisotopic (exact) mass is 410 g/mol. The van der Waals surface area contributed by atoms with Gasteiger partial charge in [0, 0.05) is 44.5 Å². The molecule has 1 aromatic heterocycles. The summed E-state index contributed by atoms with van der Waals surface area (Å²) in [5.41, 5.74) is 1.82. The molecule has 2 aromatic rings. The molecule has 0 saturated carbocycles. The van der Waals surface area contributed by atoms with Crippen LogP contribution in [0.15, 0.2) is 59.7 Å². The Hall–Kier alpha value is -3.72. The molecule has 2 aliphatic rings. The first-order chi connectivity index (χ1) is 14.4. The van der Waals surface area contributed by atoms with Crippen LogP contribution in [0.4, 0.5) is 5.69 Å². The van der Waals surface area contributed by atoms with Gasteiger partial charge in [0.25, 0.3) is 0 Å². The van der Waals surface area contributed by atoms with Crippen molar-refractivity contribution in [2.24, 2.45) is 4.99 Å². The molecule has 3 heterocycles. The molecule has 2 aliphatic heterocycles. The van der Waals surface area contributed by atoms with Crippen LogP contribution < -0.4 is 4.74 Å². The second-order valence-corrected chi connectivity index (χ2v) is 6.66. The molecule has 0 aliphatic carbocycles. The number of nitrogens with zero attached hydrogens (tertiary/aromatic N) is 4. The zero-order valence-corrected chi connectivity index (χ0v) is 16.4. The molecule has 0 unspecified atom stereocenters. The topological polar surface area (TPSA) is 116 Å². The van der Waals surface area contributed by atoms with Crippen molar-refractivity contribution in [3.63, 3.8) is 0 Å². The lowest BCUT2D eigenvalue weighted by atomic mass is 10.2. The van der Waals surface area contributed by atoms with Gasteiger partial charge in [-0.05, 0) is 31.3 Å². The van der Waals surface area contributed by atoms with Gasteiger partial charge in [-0.25, -0.2) is 19.6 Å². The Labute approximate surface area is 173 Å². The van der Waals surface area contributed by atoms with Crippen molar-refractivity contribution in [2.45, 2.75) is 0 Å². The van der Waals surface area contributed by atoms with E-state index in [0.717, 1.165) is 49.0 Å². The maximum Gasteiger partial charge on any atom is 0.328 e. The second kappa shape index (κ2) is 9.66. The number of ether oxygens (including phenoxy) is 1. The van der Waals surface area contributed by atoms with Crippen LogP contribution in [0, 0.1) is 0 Å². The number of hydrogen-bond donors (Lipinski definition) is 2. The van der Waals surface area contributed by atoms with E-state index in [1.807, 2.05) is 36.4 Å². The van der Waals surface area contributed by atoms with Crippen molar-refractivity contribution in [3.8, 4) is 11.6 Å². The lowest BCUT2D eigenvalue weighted by Crippen LogP contribution is -2.47. The summed E-state index contributed by atoms with van der Waals surface area (Å²) >= 11 is 0. The van der Waals surface area contributed by atoms with Crippen LogP contribution in [-0.4, -0.2) is 76.0 Å². The van der Waals surface area contributed by atoms with Crippen molar-refractivity contribution in [2.75, 3.05) is 33.2 Å². The van der Waals surface area contributed by atoms with E-state index >= 15 is 0 Å². The fraction of sp³-hybridized carbons (Fsp3) is 0.238. The van der Waals surface area contributed by atoms with E-state index in [-0.39, 0.29) is 0 Å². The Morgan fingerprint density at radius 3 is 2.33 bits per heavy atom. The minimum absolute atomic E-state index is 0.558. The van der Waals surface area contributed by atoms with Crippen LogP contribution in [0.25, 0.3) is 0 Å². The summed E-state index contributed by atoms with van der Waals surface area (Å²) in [5, 5.41) is 15.6. The first-order valence-electron chi connectivity index (χ1n) is 9.32. The molecule has 30 heavy (non-hydrogen) atoms. The summed E-state index contributed by atoms with van der Waals surface area (Å²) < 4.78 is 5.98. The average molecular weight is 410 g/mol. The standard InChI is InChI=1S/C17H18N4O.C4H4O4/c1-20-9-11-21(12-10-20)16-13-5-4-8-18-17(13)22-15-7-3-2-6-14(15)19-16;5-3(6)1-2-4(7)8/h2-8H,9-12H2,1H3;1-2H,(H,5,6)(H,7,8). The number of pyridine rings is 1. The second-order valence-electron chi connectivity index (χ2n) is 6.66. The fourth-order valence-electron chi connectivity index (χ4n) is 2.96. The first kappa shape index (κ1) is 21.0. The number of aromatic nitrogens is 1. The smallest absolute Gasteiger partial charge is 0.328 e. The number of aliphatic carboxylic acids is 2. The largest absolute Gasteiger partial charge is 0.478 e. The van der Waals surface area contributed by atoms with Crippen LogP contribution in [-0.2, 0) is 9.59 Å². The number of fused-ring (bicyclic) bond motifs is 2. The normalized spacial score (nSPS) is 15.6. The highest BCUT2D eigenvalue weighted by Gasteiger charge is 2.25. The third-order valence-corrected chi connectivity index (χ3v) is 4.48. The summed E-state index contributed by atoms with van der Waals surface area (Å²) in [6.07, 6.45) is 2.87. The summed E-state index contributed by atoms with van der Waals surface area (Å²) in [6, 6.07) is 11.8. The lowest BCUT2D eigenvalue weighted by Gasteiger charge is -2.34. The SMILES string of the molecule is CN1CCN(C2=Nc3ccccc3Oc3ncccc32)CC1.O=C(O)C=CC(=O)O. The van der Waals surface area contributed by atoms with Crippen LogP contribution in [0.2, 0.25) is 0 Å². The fourth-order valence-corrected chi connectivity index (χ4v) is 2.96. The number of para-hydroxylation sites is 2. The number of benzene rings is 1. The zero-order valence-electron chi connectivity index (χ0n) is 16.4. The summed E-state index contributed by atoms with van der Waals surface area (Å²) in [7, 11) is 2.15. The van der Waals surface area contributed by atoms with Crippen molar-refractivity contribution in [1.82, 2.24) is 14.8 Å². The van der Waals surface area contributed by atoms with Gasteiger partial charge in [-0.1, -0.05) is 12.1 Å².